The number of fused-ring (bicyclic) bond motifs is 1. The Hall–Kier alpha value is -1.60. The first kappa shape index (κ1) is 13.8. The summed E-state index contributed by atoms with van der Waals surface area (Å²) in [5.74, 6) is 0. The monoisotopic (exact) mass is 291 g/mol. The van der Waals surface area contributed by atoms with E-state index >= 15 is 0 Å². The Bertz CT molecular complexity index is 694. The molecule has 0 radical (unpaired) electrons. The molecule has 8 heteroatoms. The van der Waals surface area contributed by atoms with E-state index in [0.29, 0.717) is 0 Å². The lowest BCUT2D eigenvalue weighted by Gasteiger charge is -2.14. The highest BCUT2D eigenvalue weighted by atomic mass is 35.5. The Labute approximate surface area is 110 Å². The van der Waals surface area contributed by atoms with E-state index in [2.05, 4.69) is 4.98 Å². The summed E-state index contributed by atoms with van der Waals surface area (Å²) in [5.41, 5.74) is 3.38. The number of nitrogens with two attached hydrogens (primary N) is 1. The molecule has 0 amide bonds. The first-order chi connectivity index (χ1) is 8.73. The highest BCUT2D eigenvalue weighted by Gasteiger charge is 2.34. The van der Waals surface area contributed by atoms with E-state index in [1.807, 2.05) is 0 Å². The van der Waals surface area contributed by atoms with E-state index in [1.165, 1.54) is 13.0 Å². The fraction of sp³-hybridized carbons (Fsp3) is 0.273. The van der Waals surface area contributed by atoms with E-state index in [1.54, 1.807) is 0 Å². The second-order valence-electron chi connectivity index (χ2n) is 4.00. The van der Waals surface area contributed by atoms with Crippen molar-refractivity contribution in [2.24, 2.45) is 5.73 Å². The molecule has 1 aromatic carbocycles. The van der Waals surface area contributed by atoms with Crippen LogP contribution in [-0.2, 0) is 6.18 Å². The summed E-state index contributed by atoms with van der Waals surface area (Å²) in [6.45, 7) is 1.48. The maximum absolute atomic E-state index is 12.8. The Morgan fingerprint density at radius 1 is 1.42 bits per heavy atom. The largest absolute Gasteiger partial charge is 0.418 e. The summed E-state index contributed by atoms with van der Waals surface area (Å²) in [5, 5.41) is -0.541. The smallest absolute Gasteiger partial charge is 0.311 e. The van der Waals surface area contributed by atoms with Gasteiger partial charge in [-0.05, 0) is 30.7 Å². The molecule has 0 spiro atoms. The molecule has 0 aliphatic heterocycles. The fourth-order valence-electron chi connectivity index (χ4n) is 1.78. The van der Waals surface area contributed by atoms with Crippen LogP contribution in [0.1, 0.15) is 18.7 Å². The molecular weight excluding hydrogens is 283 g/mol. The molecule has 19 heavy (non-hydrogen) atoms. The van der Waals surface area contributed by atoms with E-state index in [9.17, 15) is 18.0 Å². The summed E-state index contributed by atoms with van der Waals surface area (Å²) in [6, 6.07) is 3.25. The van der Waals surface area contributed by atoms with Crippen LogP contribution in [0, 0.1) is 0 Å². The van der Waals surface area contributed by atoms with Crippen molar-refractivity contribution in [3.63, 3.8) is 0 Å². The molecule has 0 aliphatic rings. The van der Waals surface area contributed by atoms with Crippen molar-refractivity contribution < 1.29 is 13.2 Å². The van der Waals surface area contributed by atoms with Gasteiger partial charge in [-0.2, -0.15) is 13.2 Å². The van der Waals surface area contributed by atoms with E-state index in [4.69, 9.17) is 17.3 Å². The van der Waals surface area contributed by atoms with E-state index in [0.717, 1.165) is 16.7 Å². The average molecular weight is 292 g/mol. The third-order valence-corrected chi connectivity index (χ3v) is 2.87. The molecular formula is C11H9ClF3N3O. The zero-order valence-corrected chi connectivity index (χ0v) is 10.5. The van der Waals surface area contributed by atoms with Gasteiger partial charge in [0.25, 0.3) is 5.56 Å². The van der Waals surface area contributed by atoms with Gasteiger partial charge in [0.15, 0.2) is 0 Å². The molecule has 1 aromatic heterocycles. The lowest BCUT2D eigenvalue weighted by Crippen LogP contribution is -2.30. The van der Waals surface area contributed by atoms with Crippen LogP contribution in [0.15, 0.2) is 23.0 Å². The first-order valence-electron chi connectivity index (χ1n) is 5.27. The lowest BCUT2D eigenvalue weighted by atomic mass is 10.1. The lowest BCUT2D eigenvalue weighted by molar-refractivity contribution is -0.136. The van der Waals surface area contributed by atoms with Crippen LogP contribution in [0.2, 0.25) is 5.28 Å². The Morgan fingerprint density at radius 2 is 2.05 bits per heavy atom. The van der Waals surface area contributed by atoms with Crippen molar-refractivity contribution in [1.82, 2.24) is 9.55 Å². The summed E-state index contributed by atoms with van der Waals surface area (Å²) in [6.07, 6.45) is -5.39. The number of rotatable bonds is 1. The topological polar surface area (TPSA) is 60.9 Å². The molecule has 1 atom stereocenters. The third kappa shape index (κ3) is 2.31. The van der Waals surface area contributed by atoms with Crippen molar-refractivity contribution in [2.45, 2.75) is 19.3 Å². The molecule has 4 nitrogen and oxygen atoms in total. The van der Waals surface area contributed by atoms with Crippen molar-refractivity contribution in [3.05, 3.63) is 39.4 Å². The van der Waals surface area contributed by atoms with Gasteiger partial charge in [0.2, 0.25) is 5.28 Å². The fourth-order valence-corrected chi connectivity index (χ4v) is 2.09. The van der Waals surface area contributed by atoms with Gasteiger partial charge in [0.05, 0.1) is 22.6 Å². The number of halogens is 4. The zero-order valence-electron chi connectivity index (χ0n) is 9.70. The summed E-state index contributed by atoms with van der Waals surface area (Å²) >= 11 is 5.73. The maximum atomic E-state index is 12.8. The minimum Gasteiger partial charge on any atom is -0.311 e. The van der Waals surface area contributed by atoms with Crippen molar-refractivity contribution in [3.8, 4) is 0 Å². The standard InChI is InChI=1S/C11H9ClF3N3O/c1-5(16)18-9(19)6-3-2-4-7(11(13,14)15)8(6)17-10(18)12/h2-5H,16H2,1H3. The van der Waals surface area contributed by atoms with Crippen LogP contribution >= 0.6 is 11.6 Å². The molecule has 1 unspecified atom stereocenters. The quantitative estimate of drug-likeness (QED) is 0.821. The normalized spacial score (nSPS) is 13.8. The average Bonchev–Trinajstić information content (AvgIpc) is 2.26. The van der Waals surface area contributed by atoms with Crippen molar-refractivity contribution >= 4 is 22.5 Å². The molecule has 1 heterocycles. The number of alkyl halides is 3. The molecule has 2 N–H and O–H groups in total. The molecule has 2 aromatic rings. The SMILES string of the molecule is CC(N)n1c(Cl)nc2c(C(F)(F)F)cccc2c1=O. The van der Waals surface area contributed by atoms with E-state index in [-0.39, 0.29) is 10.7 Å². The summed E-state index contributed by atoms with van der Waals surface area (Å²) in [4.78, 5) is 15.7. The summed E-state index contributed by atoms with van der Waals surface area (Å²) in [7, 11) is 0. The minimum absolute atomic E-state index is 0.170. The molecule has 102 valence electrons. The number of hydrogen-bond donors (Lipinski definition) is 1. The first-order valence-corrected chi connectivity index (χ1v) is 5.65. The van der Waals surface area contributed by atoms with Gasteiger partial charge >= 0.3 is 6.18 Å². The molecule has 0 saturated carbocycles. The molecule has 0 aliphatic carbocycles. The van der Waals surface area contributed by atoms with Gasteiger partial charge in [0, 0.05) is 0 Å². The summed E-state index contributed by atoms with van der Waals surface area (Å²) < 4.78 is 39.4. The molecule has 0 saturated heterocycles. The number of benzene rings is 1. The van der Waals surface area contributed by atoms with Crippen LogP contribution in [0.3, 0.4) is 0 Å². The van der Waals surface area contributed by atoms with Gasteiger partial charge in [-0.3, -0.25) is 9.36 Å². The number of aromatic nitrogens is 2. The number of nitrogens with zero attached hydrogens (tertiary/aromatic N) is 2. The van der Waals surface area contributed by atoms with Crippen LogP contribution in [0.4, 0.5) is 13.2 Å². The second kappa shape index (κ2) is 4.50. The predicted octanol–water partition coefficient (Wildman–Crippen LogP) is 2.55. The Morgan fingerprint density at radius 3 is 2.58 bits per heavy atom. The van der Waals surface area contributed by atoms with Gasteiger partial charge in [0.1, 0.15) is 0 Å². The maximum Gasteiger partial charge on any atom is 0.418 e. The van der Waals surface area contributed by atoms with Gasteiger partial charge < -0.3 is 5.73 Å². The second-order valence-corrected chi connectivity index (χ2v) is 4.33. The molecule has 2 rings (SSSR count). The highest BCUT2D eigenvalue weighted by Crippen LogP contribution is 2.33. The number of para-hydroxylation sites is 1. The van der Waals surface area contributed by atoms with Crippen LogP contribution in [-0.4, -0.2) is 9.55 Å². The van der Waals surface area contributed by atoms with Gasteiger partial charge in [-0.15, -0.1) is 0 Å². The zero-order chi connectivity index (χ0) is 14.4. The third-order valence-electron chi connectivity index (χ3n) is 2.60. The predicted molar refractivity (Wildman–Crippen MR) is 64.9 cm³/mol. The van der Waals surface area contributed by atoms with Crippen LogP contribution in [0.25, 0.3) is 10.9 Å². The minimum atomic E-state index is -4.61. The Balaban J connectivity index is 2.93. The molecule has 0 bridgehead atoms. The van der Waals surface area contributed by atoms with Crippen molar-refractivity contribution in [2.75, 3.05) is 0 Å². The molecule has 0 fully saturated rings. The number of hydrogen-bond acceptors (Lipinski definition) is 3. The van der Waals surface area contributed by atoms with E-state index < -0.39 is 29.0 Å². The van der Waals surface area contributed by atoms with Gasteiger partial charge in [-0.25, -0.2) is 4.98 Å². The van der Waals surface area contributed by atoms with Gasteiger partial charge in [-0.1, -0.05) is 6.07 Å². The van der Waals surface area contributed by atoms with Crippen LogP contribution in [0.5, 0.6) is 0 Å². The Kier molecular flexibility index (Phi) is 3.27. The van der Waals surface area contributed by atoms with Crippen molar-refractivity contribution in [1.29, 1.82) is 0 Å². The van der Waals surface area contributed by atoms with Crippen LogP contribution < -0.4 is 11.3 Å². The highest BCUT2D eigenvalue weighted by molar-refractivity contribution is 6.28.